The third-order valence-electron chi connectivity index (χ3n) is 3.45. The minimum atomic E-state index is 0.196. The molecule has 21 heavy (non-hydrogen) atoms. The first-order chi connectivity index (χ1) is 10.3. The Morgan fingerprint density at radius 2 is 1.86 bits per heavy atom. The molecule has 0 amide bonds. The summed E-state index contributed by atoms with van der Waals surface area (Å²) in [6.45, 7) is 7.14. The molecule has 112 valence electrons. The van der Waals surface area contributed by atoms with E-state index in [0.717, 1.165) is 32.7 Å². The monoisotopic (exact) mass is 289 g/mol. The van der Waals surface area contributed by atoms with Crippen LogP contribution in [0.15, 0.2) is 12.7 Å². The van der Waals surface area contributed by atoms with Gasteiger partial charge in [0.25, 0.3) is 5.95 Å². The Kier molecular flexibility index (Phi) is 3.91. The zero-order valence-corrected chi connectivity index (χ0v) is 12.1. The van der Waals surface area contributed by atoms with E-state index in [1.54, 1.807) is 0 Å². The van der Waals surface area contributed by atoms with Crippen molar-refractivity contribution in [1.29, 1.82) is 0 Å². The number of nitrogens with two attached hydrogens (primary N) is 1. The minimum Gasteiger partial charge on any atom is -0.368 e. The maximum atomic E-state index is 5.79. The lowest BCUT2D eigenvalue weighted by Gasteiger charge is -2.34. The number of anilines is 2. The van der Waals surface area contributed by atoms with E-state index in [2.05, 4.69) is 41.8 Å². The molecule has 3 rings (SSSR count). The number of nitrogen functional groups attached to an aromatic ring is 1. The molecule has 0 atom stereocenters. The molecule has 0 saturated carbocycles. The summed E-state index contributed by atoms with van der Waals surface area (Å²) in [5.41, 5.74) is 5.79. The van der Waals surface area contributed by atoms with Crippen molar-refractivity contribution in [2.45, 2.75) is 13.3 Å². The van der Waals surface area contributed by atoms with Gasteiger partial charge in [-0.2, -0.15) is 24.7 Å². The largest absolute Gasteiger partial charge is 0.368 e. The van der Waals surface area contributed by atoms with Gasteiger partial charge in [0.1, 0.15) is 12.7 Å². The molecule has 0 unspecified atom stereocenters. The maximum absolute atomic E-state index is 5.79. The summed E-state index contributed by atoms with van der Waals surface area (Å²) in [5.74, 6) is 1.19. The molecule has 0 radical (unpaired) electrons. The number of hydrogen-bond donors (Lipinski definition) is 1. The Labute approximate surface area is 122 Å². The van der Waals surface area contributed by atoms with E-state index < -0.39 is 0 Å². The van der Waals surface area contributed by atoms with Gasteiger partial charge in [-0.15, -0.1) is 0 Å². The number of hydrogen-bond acceptors (Lipinski definition) is 8. The smallest absolute Gasteiger partial charge is 0.258 e. The van der Waals surface area contributed by atoms with E-state index >= 15 is 0 Å². The Balaban J connectivity index is 1.77. The number of aromatic nitrogens is 6. The molecule has 1 aliphatic heterocycles. The van der Waals surface area contributed by atoms with Gasteiger partial charge in [-0.3, -0.25) is 4.90 Å². The van der Waals surface area contributed by atoms with E-state index in [1.807, 2.05) is 0 Å². The molecule has 0 aromatic carbocycles. The van der Waals surface area contributed by atoms with Crippen molar-refractivity contribution in [2.24, 2.45) is 0 Å². The Morgan fingerprint density at radius 3 is 2.52 bits per heavy atom. The fourth-order valence-electron chi connectivity index (χ4n) is 2.41. The summed E-state index contributed by atoms with van der Waals surface area (Å²) in [5, 5.41) is 4.02. The van der Waals surface area contributed by atoms with Crippen molar-refractivity contribution in [2.75, 3.05) is 43.4 Å². The highest BCUT2D eigenvalue weighted by Crippen LogP contribution is 2.13. The predicted octanol–water partition coefficient (Wildman–Crippen LogP) is -0.433. The van der Waals surface area contributed by atoms with Gasteiger partial charge in [0, 0.05) is 26.2 Å². The van der Waals surface area contributed by atoms with Crippen LogP contribution in [0.3, 0.4) is 0 Å². The second-order valence-electron chi connectivity index (χ2n) is 4.96. The van der Waals surface area contributed by atoms with E-state index in [9.17, 15) is 0 Å². The highest BCUT2D eigenvalue weighted by molar-refractivity contribution is 5.38. The molecule has 0 bridgehead atoms. The summed E-state index contributed by atoms with van der Waals surface area (Å²) in [6, 6.07) is 0. The first kappa shape index (κ1) is 13.7. The topological polar surface area (TPSA) is 102 Å². The van der Waals surface area contributed by atoms with E-state index in [1.165, 1.54) is 23.8 Å². The number of nitrogens with zero attached hydrogens (tertiary/aromatic N) is 8. The molecular formula is C12H19N9. The van der Waals surface area contributed by atoms with Gasteiger partial charge in [-0.1, -0.05) is 6.92 Å². The van der Waals surface area contributed by atoms with Gasteiger partial charge in [0.05, 0.1) is 0 Å². The number of rotatable bonds is 4. The van der Waals surface area contributed by atoms with Crippen molar-refractivity contribution >= 4 is 11.9 Å². The molecule has 2 N–H and O–H groups in total. The van der Waals surface area contributed by atoms with Crippen LogP contribution >= 0.6 is 0 Å². The molecular weight excluding hydrogens is 270 g/mol. The third kappa shape index (κ3) is 3.07. The van der Waals surface area contributed by atoms with E-state index in [-0.39, 0.29) is 5.95 Å². The lowest BCUT2D eigenvalue weighted by atomic mass is 10.3. The van der Waals surface area contributed by atoms with Gasteiger partial charge in [0.15, 0.2) is 0 Å². The van der Waals surface area contributed by atoms with Crippen LogP contribution in [-0.4, -0.2) is 67.3 Å². The summed E-state index contributed by atoms with van der Waals surface area (Å²) >= 11 is 0. The van der Waals surface area contributed by atoms with Crippen LogP contribution in [0, 0.1) is 0 Å². The standard InChI is InChI=1S/C12H19N9/c1-2-3-19-4-6-20(7-5-19)11-16-10(13)17-12(18-11)21-9-14-8-15-21/h8-9H,2-7H2,1H3,(H2,13,16,17,18). The maximum Gasteiger partial charge on any atom is 0.258 e. The van der Waals surface area contributed by atoms with Crippen molar-refractivity contribution < 1.29 is 0 Å². The SMILES string of the molecule is CCCN1CCN(c2nc(N)nc(-n3cncn3)n2)CC1. The average Bonchev–Trinajstić information content (AvgIpc) is 3.02. The van der Waals surface area contributed by atoms with Gasteiger partial charge < -0.3 is 10.6 Å². The summed E-state index contributed by atoms with van der Waals surface area (Å²) in [7, 11) is 0. The van der Waals surface area contributed by atoms with Crippen LogP contribution in [0.1, 0.15) is 13.3 Å². The van der Waals surface area contributed by atoms with Crippen molar-refractivity contribution in [3.05, 3.63) is 12.7 Å². The molecule has 1 fully saturated rings. The quantitative estimate of drug-likeness (QED) is 0.808. The summed E-state index contributed by atoms with van der Waals surface area (Å²) in [6.07, 6.45) is 4.15. The third-order valence-corrected chi connectivity index (χ3v) is 3.45. The highest BCUT2D eigenvalue weighted by atomic mass is 15.4. The fraction of sp³-hybridized carbons (Fsp3) is 0.583. The molecule has 2 aromatic heterocycles. The van der Waals surface area contributed by atoms with Gasteiger partial charge in [-0.25, -0.2) is 4.98 Å². The fourth-order valence-corrected chi connectivity index (χ4v) is 2.41. The molecule has 1 aliphatic rings. The van der Waals surface area contributed by atoms with Crippen molar-refractivity contribution in [3.8, 4) is 5.95 Å². The first-order valence-corrected chi connectivity index (χ1v) is 7.10. The Bertz CT molecular complexity index is 574. The van der Waals surface area contributed by atoms with Gasteiger partial charge in [-0.05, 0) is 13.0 Å². The van der Waals surface area contributed by atoms with Crippen molar-refractivity contribution in [1.82, 2.24) is 34.6 Å². The second kappa shape index (κ2) is 6.00. The lowest BCUT2D eigenvalue weighted by Crippen LogP contribution is -2.47. The molecule has 1 saturated heterocycles. The zero-order chi connectivity index (χ0) is 14.7. The average molecular weight is 289 g/mol. The Hall–Kier alpha value is -2.29. The van der Waals surface area contributed by atoms with Crippen molar-refractivity contribution in [3.63, 3.8) is 0 Å². The van der Waals surface area contributed by atoms with Crippen LogP contribution in [-0.2, 0) is 0 Å². The Morgan fingerprint density at radius 1 is 1.10 bits per heavy atom. The van der Waals surface area contributed by atoms with Gasteiger partial charge >= 0.3 is 0 Å². The second-order valence-corrected chi connectivity index (χ2v) is 4.96. The van der Waals surface area contributed by atoms with Crippen LogP contribution < -0.4 is 10.6 Å². The van der Waals surface area contributed by atoms with Crippen LogP contribution in [0.4, 0.5) is 11.9 Å². The molecule has 0 aliphatic carbocycles. The van der Waals surface area contributed by atoms with Crippen LogP contribution in [0.25, 0.3) is 5.95 Å². The molecule has 3 heterocycles. The van der Waals surface area contributed by atoms with Crippen LogP contribution in [0.5, 0.6) is 0 Å². The number of piperazine rings is 1. The zero-order valence-electron chi connectivity index (χ0n) is 12.1. The highest BCUT2D eigenvalue weighted by Gasteiger charge is 2.20. The van der Waals surface area contributed by atoms with Crippen LogP contribution in [0.2, 0.25) is 0 Å². The van der Waals surface area contributed by atoms with Gasteiger partial charge in [0.2, 0.25) is 11.9 Å². The minimum absolute atomic E-state index is 0.196. The van der Waals surface area contributed by atoms with E-state index in [0.29, 0.717) is 11.9 Å². The summed E-state index contributed by atoms with van der Waals surface area (Å²) < 4.78 is 1.48. The first-order valence-electron chi connectivity index (χ1n) is 7.10. The molecule has 9 nitrogen and oxygen atoms in total. The lowest BCUT2D eigenvalue weighted by molar-refractivity contribution is 0.257. The predicted molar refractivity (Wildman–Crippen MR) is 78.1 cm³/mol. The summed E-state index contributed by atoms with van der Waals surface area (Å²) in [4.78, 5) is 21.2. The van der Waals surface area contributed by atoms with E-state index in [4.69, 9.17) is 5.73 Å². The molecule has 2 aromatic rings. The normalized spacial score (nSPS) is 16.3. The molecule has 0 spiro atoms. The molecule has 9 heteroatoms.